The lowest BCUT2D eigenvalue weighted by molar-refractivity contribution is 0.00835. The summed E-state index contributed by atoms with van der Waals surface area (Å²) < 4.78 is 19.8. The van der Waals surface area contributed by atoms with Crippen LogP contribution in [0.25, 0.3) is 5.69 Å². The lowest BCUT2D eigenvalue weighted by Gasteiger charge is -2.27. The molecule has 0 saturated carbocycles. The lowest BCUT2D eigenvalue weighted by atomic mass is 10.1. The third kappa shape index (κ3) is 7.04. The zero-order chi connectivity index (χ0) is 25.2. The topological polar surface area (TPSA) is 69.0 Å². The van der Waals surface area contributed by atoms with Crippen molar-refractivity contribution in [3.8, 4) is 17.3 Å². The van der Waals surface area contributed by atoms with Crippen LogP contribution in [0.5, 0.6) is 11.6 Å². The summed E-state index contributed by atoms with van der Waals surface area (Å²) in [5.41, 5.74) is 2.93. The zero-order valence-corrected chi connectivity index (χ0v) is 21.1. The SMILES string of the molecule is C=CCOC[C@H](O)CN(Cc1c(CC)nn(-c2ccccc2)c1Oc1ccccc1)C[C@H]1CCCO1. The molecule has 7 heteroatoms. The van der Waals surface area contributed by atoms with Gasteiger partial charge in [-0.2, -0.15) is 5.10 Å². The molecule has 0 radical (unpaired) electrons. The second-order valence-electron chi connectivity index (χ2n) is 9.06. The van der Waals surface area contributed by atoms with Gasteiger partial charge in [-0.15, -0.1) is 6.58 Å². The first kappa shape index (κ1) is 26.1. The minimum Gasteiger partial charge on any atom is -0.439 e. The molecule has 0 bridgehead atoms. The summed E-state index contributed by atoms with van der Waals surface area (Å²) in [7, 11) is 0. The van der Waals surface area contributed by atoms with E-state index in [1.54, 1.807) is 6.08 Å². The van der Waals surface area contributed by atoms with Crippen molar-refractivity contribution < 1.29 is 19.3 Å². The van der Waals surface area contributed by atoms with Gasteiger partial charge in [0.15, 0.2) is 0 Å². The summed E-state index contributed by atoms with van der Waals surface area (Å²) in [6.45, 7) is 9.01. The highest BCUT2D eigenvalue weighted by Gasteiger charge is 2.26. The fourth-order valence-corrected chi connectivity index (χ4v) is 4.51. The van der Waals surface area contributed by atoms with Crippen LogP contribution in [0.1, 0.15) is 31.0 Å². The molecule has 1 fully saturated rings. The molecule has 0 unspecified atom stereocenters. The Hall–Kier alpha value is -2.97. The molecule has 0 amide bonds. The van der Waals surface area contributed by atoms with Crippen molar-refractivity contribution >= 4 is 0 Å². The van der Waals surface area contributed by atoms with Gasteiger partial charge in [0.05, 0.1) is 42.4 Å². The second kappa shape index (κ2) is 13.4. The molecule has 3 aromatic rings. The van der Waals surface area contributed by atoms with Gasteiger partial charge in [-0.1, -0.05) is 49.4 Å². The van der Waals surface area contributed by atoms with E-state index in [9.17, 15) is 5.11 Å². The molecule has 4 rings (SSSR count). The van der Waals surface area contributed by atoms with Crippen LogP contribution in [0.4, 0.5) is 0 Å². The Morgan fingerprint density at radius 1 is 1.19 bits per heavy atom. The quantitative estimate of drug-likeness (QED) is 0.259. The molecule has 0 spiro atoms. The Morgan fingerprint density at radius 2 is 1.94 bits per heavy atom. The number of para-hydroxylation sites is 2. The number of aliphatic hydroxyl groups excluding tert-OH is 1. The third-order valence-corrected chi connectivity index (χ3v) is 6.20. The summed E-state index contributed by atoms with van der Waals surface area (Å²) in [5, 5.41) is 15.7. The van der Waals surface area contributed by atoms with Gasteiger partial charge in [0, 0.05) is 26.2 Å². The first-order valence-corrected chi connectivity index (χ1v) is 12.8. The average molecular weight is 492 g/mol. The van der Waals surface area contributed by atoms with Crippen LogP contribution in [0, 0.1) is 0 Å². The highest BCUT2D eigenvalue weighted by atomic mass is 16.5. The molecule has 0 aliphatic carbocycles. The summed E-state index contributed by atoms with van der Waals surface area (Å²) >= 11 is 0. The molecular formula is C29H37N3O4. The number of ether oxygens (including phenoxy) is 3. The molecule has 2 aromatic carbocycles. The maximum Gasteiger partial charge on any atom is 0.227 e. The predicted octanol–water partition coefficient (Wildman–Crippen LogP) is 4.77. The second-order valence-corrected chi connectivity index (χ2v) is 9.06. The molecule has 2 heterocycles. The van der Waals surface area contributed by atoms with E-state index in [2.05, 4.69) is 18.4 Å². The monoisotopic (exact) mass is 491 g/mol. The molecule has 1 aromatic heterocycles. The number of aryl methyl sites for hydroxylation is 1. The van der Waals surface area contributed by atoms with Crippen LogP contribution in [-0.4, -0.2) is 64.9 Å². The van der Waals surface area contributed by atoms with Crippen LogP contribution < -0.4 is 4.74 Å². The standard InChI is InChI=1S/C29H37N3O4/c1-3-17-34-22-24(33)19-31(20-26-16-11-18-35-26)21-27-28(4-2)30-32(23-12-7-5-8-13-23)29(27)36-25-14-9-6-10-15-25/h3,5-10,12-15,24,26,33H,1,4,11,16-22H2,2H3/t24-,26-/m1/s1. The Labute approximate surface area is 213 Å². The number of aliphatic hydroxyl groups is 1. The molecular weight excluding hydrogens is 454 g/mol. The van der Waals surface area contributed by atoms with Gasteiger partial charge in [-0.05, 0) is 43.5 Å². The van der Waals surface area contributed by atoms with E-state index in [0.717, 1.165) is 55.1 Å². The third-order valence-electron chi connectivity index (χ3n) is 6.20. The number of rotatable bonds is 14. The van der Waals surface area contributed by atoms with E-state index < -0.39 is 6.10 Å². The van der Waals surface area contributed by atoms with Crippen molar-refractivity contribution in [2.75, 3.05) is 32.9 Å². The van der Waals surface area contributed by atoms with Crippen LogP contribution >= 0.6 is 0 Å². The summed E-state index contributed by atoms with van der Waals surface area (Å²) in [6, 6.07) is 19.8. The van der Waals surface area contributed by atoms with Gasteiger partial charge in [0.1, 0.15) is 5.75 Å². The van der Waals surface area contributed by atoms with E-state index >= 15 is 0 Å². The number of hydrogen-bond acceptors (Lipinski definition) is 6. The molecule has 7 nitrogen and oxygen atoms in total. The van der Waals surface area contributed by atoms with Crippen molar-refractivity contribution in [2.24, 2.45) is 0 Å². The first-order chi connectivity index (χ1) is 17.7. The Bertz CT molecular complexity index is 1060. The number of benzene rings is 2. The normalized spacial score (nSPS) is 16.4. The highest BCUT2D eigenvalue weighted by molar-refractivity contribution is 5.43. The number of nitrogens with zero attached hydrogens (tertiary/aromatic N) is 3. The van der Waals surface area contributed by atoms with E-state index in [0.29, 0.717) is 25.6 Å². The van der Waals surface area contributed by atoms with Gasteiger partial charge in [-0.25, -0.2) is 4.68 Å². The molecule has 1 aliphatic rings. The summed E-state index contributed by atoms with van der Waals surface area (Å²) in [5.74, 6) is 1.45. The summed E-state index contributed by atoms with van der Waals surface area (Å²) in [6.07, 6.45) is 4.07. The smallest absolute Gasteiger partial charge is 0.227 e. The first-order valence-electron chi connectivity index (χ1n) is 12.8. The van der Waals surface area contributed by atoms with E-state index in [1.165, 1.54) is 0 Å². The number of aromatic nitrogens is 2. The maximum atomic E-state index is 10.7. The van der Waals surface area contributed by atoms with E-state index in [4.69, 9.17) is 19.3 Å². The van der Waals surface area contributed by atoms with E-state index in [-0.39, 0.29) is 12.7 Å². The van der Waals surface area contributed by atoms with Gasteiger partial charge >= 0.3 is 0 Å². The van der Waals surface area contributed by atoms with Gasteiger partial charge in [0.2, 0.25) is 5.88 Å². The molecule has 1 N–H and O–H groups in total. The fraction of sp³-hybridized carbons (Fsp3) is 0.414. The minimum atomic E-state index is -0.626. The predicted molar refractivity (Wildman–Crippen MR) is 141 cm³/mol. The largest absolute Gasteiger partial charge is 0.439 e. The van der Waals surface area contributed by atoms with Crippen LogP contribution in [-0.2, 0) is 22.4 Å². The Morgan fingerprint density at radius 3 is 2.61 bits per heavy atom. The molecule has 1 aliphatic heterocycles. The van der Waals surface area contributed by atoms with Crippen LogP contribution in [0.2, 0.25) is 0 Å². The molecule has 1 saturated heterocycles. The van der Waals surface area contributed by atoms with Crippen LogP contribution in [0.3, 0.4) is 0 Å². The van der Waals surface area contributed by atoms with Gasteiger partial charge in [0.25, 0.3) is 0 Å². The van der Waals surface area contributed by atoms with Crippen molar-refractivity contribution in [3.05, 3.63) is 84.6 Å². The fourth-order valence-electron chi connectivity index (χ4n) is 4.51. The Balaban J connectivity index is 1.66. The maximum absolute atomic E-state index is 10.7. The molecule has 192 valence electrons. The van der Waals surface area contributed by atoms with Crippen molar-refractivity contribution in [2.45, 2.75) is 44.9 Å². The minimum absolute atomic E-state index is 0.152. The average Bonchev–Trinajstić information content (AvgIpc) is 3.53. The van der Waals surface area contributed by atoms with Gasteiger partial charge < -0.3 is 19.3 Å². The summed E-state index contributed by atoms with van der Waals surface area (Å²) in [4.78, 5) is 2.24. The molecule has 36 heavy (non-hydrogen) atoms. The lowest BCUT2D eigenvalue weighted by Crippen LogP contribution is -2.39. The highest BCUT2D eigenvalue weighted by Crippen LogP contribution is 2.32. The van der Waals surface area contributed by atoms with Crippen molar-refractivity contribution in [1.82, 2.24) is 14.7 Å². The van der Waals surface area contributed by atoms with Crippen molar-refractivity contribution in [1.29, 1.82) is 0 Å². The number of hydrogen-bond donors (Lipinski definition) is 1. The Kier molecular flexibility index (Phi) is 9.69. The van der Waals surface area contributed by atoms with Gasteiger partial charge in [-0.3, -0.25) is 4.90 Å². The van der Waals surface area contributed by atoms with Crippen molar-refractivity contribution in [3.63, 3.8) is 0 Å². The van der Waals surface area contributed by atoms with E-state index in [1.807, 2.05) is 65.3 Å². The molecule has 2 atom stereocenters. The van der Waals surface area contributed by atoms with Crippen LogP contribution in [0.15, 0.2) is 73.3 Å². The zero-order valence-electron chi connectivity index (χ0n) is 21.1.